The molecule has 3 atom stereocenters. The molecule has 5 heteroatoms. The van der Waals surface area contributed by atoms with Crippen LogP contribution in [0.4, 0.5) is 0 Å². The molecule has 0 radical (unpaired) electrons. The predicted molar refractivity (Wildman–Crippen MR) is 51.7 cm³/mol. The van der Waals surface area contributed by atoms with E-state index in [0.29, 0.717) is 16.9 Å². The largest absolute Gasteiger partial charge is 0.452 e. The Morgan fingerprint density at radius 3 is 2.79 bits per heavy atom. The zero-order valence-electron chi connectivity index (χ0n) is 7.39. The van der Waals surface area contributed by atoms with Crippen molar-refractivity contribution in [3.05, 3.63) is 22.6 Å². The van der Waals surface area contributed by atoms with Gasteiger partial charge < -0.3 is 19.4 Å². The molecule has 2 rings (SSSR count). The van der Waals surface area contributed by atoms with E-state index >= 15 is 0 Å². The average molecular weight is 263 g/mol. The Labute approximate surface area is 89.6 Å². The highest BCUT2D eigenvalue weighted by Gasteiger charge is 2.35. The normalized spacial score (nSPS) is 32.4. The Morgan fingerprint density at radius 1 is 1.50 bits per heavy atom. The highest BCUT2D eigenvalue weighted by Crippen LogP contribution is 2.34. The lowest BCUT2D eigenvalue weighted by molar-refractivity contribution is -0.0278. The van der Waals surface area contributed by atoms with Crippen LogP contribution in [0, 0.1) is 0 Å². The summed E-state index contributed by atoms with van der Waals surface area (Å²) in [7, 11) is 0. The molecule has 1 aliphatic heterocycles. The molecular formula is C9H11BrO4. The second-order valence-electron chi connectivity index (χ2n) is 3.29. The molecule has 2 heterocycles. The summed E-state index contributed by atoms with van der Waals surface area (Å²) in [4.78, 5) is 0. The van der Waals surface area contributed by atoms with Crippen LogP contribution in [0.15, 0.2) is 21.2 Å². The van der Waals surface area contributed by atoms with E-state index in [4.69, 9.17) is 14.3 Å². The number of halogens is 1. The van der Waals surface area contributed by atoms with Crippen LogP contribution < -0.4 is 0 Å². The lowest BCUT2D eigenvalue weighted by Crippen LogP contribution is -2.24. The van der Waals surface area contributed by atoms with Crippen molar-refractivity contribution in [1.29, 1.82) is 0 Å². The maximum Gasteiger partial charge on any atom is 0.169 e. The van der Waals surface area contributed by atoms with Crippen molar-refractivity contribution in [3.63, 3.8) is 0 Å². The minimum absolute atomic E-state index is 0.167. The fraction of sp³-hybridized carbons (Fsp3) is 0.556. The van der Waals surface area contributed by atoms with E-state index in [0.717, 1.165) is 0 Å². The van der Waals surface area contributed by atoms with Crippen molar-refractivity contribution in [3.8, 4) is 0 Å². The monoisotopic (exact) mass is 262 g/mol. The summed E-state index contributed by atoms with van der Waals surface area (Å²) >= 11 is 3.19. The van der Waals surface area contributed by atoms with Gasteiger partial charge in [0.25, 0.3) is 0 Å². The maximum atomic E-state index is 9.49. The van der Waals surface area contributed by atoms with Gasteiger partial charge in [-0.15, -0.1) is 0 Å². The van der Waals surface area contributed by atoms with Crippen molar-refractivity contribution in [1.82, 2.24) is 0 Å². The lowest BCUT2D eigenvalue weighted by atomic mass is 10.1. The quantitative estimate of drug-likeness (QED) is 0.842. The number of ether oxygens (including phenoxy) is 1. The summed E-state index contributed by atoms with van der Waals surface area (Å²) in [6.07, 6.45) is -0.906. The number of furan rings is 1. The van der Waals surface area contributed by atoms with E-state index in [9.17, 15) is 5.11 Å². The Kier molecular flexibility index (Phi) is 2.92. The van der Waals surface area contributed by atoms with Gasteiger partial charge in [0, 0.05) is 6.42 Å². The molecule has 1 aromatic rings. The smallest absolute Gasteiger partial charge is 0.169 e. The average Bonchev–Trinajstić information content (AvgIpc) is 2.71. The van der Waals surface area contributed by atoms with Crippen LogP contribution in [-0.2, 0) is 4.74 Å². The first kappa shape index (κ1) is 10.2. The molecular weight excluding hydrogens is 252 g/mol. The van der Waals surface area contributed by atoms with Crippen molar-refractivity contribution in [2.75, 3.05) is 6.61 Å². The summed E-state index contributed by atoms with van der Waals surface area (Å²) in [6.45, 7) is -0.167. The van der Waals surface area contributed by atoms with Gasteiger partial charge in [-0.3, -0.25) is 0 Å². The van der Waals surface area contributed by atoms with Crippen molar-refractivity contribution < 1.29 is 19.4 Å². The van der Waals surface area contributed by atoms with Crippen LogP contribution in [0.3, 0.4) is 0 Å². The number of aliphatic hydroxyl groups is 2. The van der Waals surface area contributed by atoms with Crippen LogP contribution in [0.2, 0.25) is 0 Å². The second kappa shape index (κ2) is 4.02. The van der Waals surface area contributed by atoms with Crippen LogP contribution in [0.5, 0.6) is 0 Å². The zero-order chi connectivity index (χ0) is 10.1. The molecule has 0 saturated carbocycles. The molecule has 1 aliphatic rings. The molecule has 4 nitrogen and oxygen atoms in total. The van der Waals surface area contributed by atoms with Gasteiger partial charge in [0.05, 0.1) is 12.7 Å². The van der Waals surface area contributed by atoms with Gasteiger partial charge >= 0.3 is 0 Å². The number of aliphatic hydroxyl groups excluding tert-OH is 2. The topological polar surface area (TPSA) is 62.8 Å². The first-order chi connectivity index (χ1) is 6.70. The molecule has 0 aromatic carbocycles. The third-order valence-corrected chi connectivity index (χ3v) is 2.74. The number of hydrogen-bond donors (Lipinski definition) is 2. The van der Waals surface area contributed by atoms with E-state index in [1.54, 1.807) is 12.1 Å². The number of rotatable bonds is 2. The van der Waals surface area contributed by atoms with E-state index < -0.39 is 12.2 Å². The highest BCUT2D eigenvalue weighted by atomic mass is 79.9. The minimum atomic E-state index is -0.617. The molecule has 0 aliphatic carbocycles. The Balaban J connectivity index is 2.08. The van der Waals surface area contributed by atoms with Crippen LogP contribution in [-0.4, -0.2) is 29.0 Å². The Bertz CT molecular complexity index is 312. The van der Waals surface area contributed by atoms with E-state index in [2.05, 4.69) is 15.9 Å². The summed E-state index contributed by atoms with van der Waals surface area (Å²) < 4.78 is 11.4. The Morgan fingerprint density at radius 2 is 2.29 bits per heavy atom. The summed E-state index contributed by atoms with van der Waals surface area (Å²) in [5, 5.41) is 18.4. The molecule has 1 saturated heterocycles. The predicted octanol–water partition coefficient (Wildman–Crippen LogP) is 1.23. The van der Waals surface area contributed by atoms with E-state index in [1.165, 1.54) is 0 Å². The molecule has 0 bridgehead atoms. The standard InChI is InChI=1S/C9H11BrO4/c10-9-2-1-6(14-9)7-3-5(12)8(4-11)13-7/h1-2,5,7-8,11-12H,3-4H2/t5-,7+,8+/m0/s1. The first-order valence-corrected chi connectivity index (χ1v) is 5.19. The van der Waals surface area contributed by atoms with Crippen LogP contribution >= 0.6 is 15.9 Å². The summed E-state index contributed by atoms with van der Waals surface area (Å²) in [5.41, 5.74) is 0. The molecule has 0 amide bonds. The molecule has 0 unspecified atom stereocenters. The fourth-order valence-electron chi connectivity index (χ4n) is 1.58. The van der Waals surface area contributed by atoms with Crippen LogP contribution in [0.1, 0.15) is 18.3 Å². The second-order valence-corrected chi connectivity index (χ2v) is 4.07. The number of hydrogen-bond acceptors (Lipinski definition) is 4. The first-order valence-electron chi connectivity index (χ1n) is 4.40. The van der Waals surface area contributed by atoms with Crippen molar-refractivity contribution in [2.45, 2.75) is 24.7 Å². The molecule has 78 valence electrons. The van der Waals surface area contributed by atoms with Crippen molar-refractivity contribution in [2.24, 2.45) is 0 Å². The maximum absolute atomic E-state index is 9.49. The molecule has 2 N–H and O–H groups in total. The lowest BCUT2D eigenvalue weighted by Gasteiger charge is -2.09. The highest BCUT2D eigenvalue weighted by molar-refractivity contribution is 9.10. The van der Waals surface area contributed by atoms with Gasteiger partial charge in [-0.2, -0.15) is 0 Å². The van der Waals surface area contributed by atoms with Gasteiger partial charge in [0.15, 0.2) is 4.67 Å². The SMILES string of the molecule is OC[C@H]1O[C@@H](c2ccc(Br)o2)C[C@@H]1O. The zero-order valence-corrected chi connectivity index (χ0v) is 8.98. The van der Waals surface area contributed by atoms with E-state index in [-0.39, 0.29) is 12.7 Å². The third kappa shape index (κ3) is 1.86. The van der Waals surface area contributed by atoms with Gasteiger partial charge in [-0.25, -0.2) is 0 Å². The Hall–Kier alpha value is -0.360. The van der Waals surface area contributed by atoms with Crippen LogP contribution in [0.25, 0.3) is 0 Å². The molecule has 1 fully saturated rings. The van der Waals surface area contributed by atoms with Gasteiger partial charge in [0.2, 0.25) is 0 Å². The van der Waals surface area contributed by atoms with Gasteiger partial charge in [0.1, 0.15) is 18.0 Å². The molecule has 0 spiro atoms. The third-order valence-electron chi connectivity index (χ3n) is 2.32. The summed E-state index contributed by atoms with van der Waals surface area (Å²) in [6, 6.07) is 3.57. The molecule has 14 heavy (non-hydrogen) atoms. The van der Waals surface area contributed by atoms with E-state index in [1.807, 2.05) is 0 Å². The van der Waals surface area contributed by atoms with Gasteiger partial charge in [-0.1, -0.05) is 0 Å². The van der Waals surface area contributed by atoms with Crippen molar-refractivity contribution >= 4 is 15.9 Å². The fourth-order valence-corrected chi connectivity index (χ4v) is 1.90. The minimum Gasteiger partial charge on any atom is -0.452 e. The van der Waals surface area contributed by atoms with Gasteiger partial charge in [-0.05, 0) is 28.1 Å². The molecule has 1 aromatic heterocycles. The summed E-state index contributed by atoms with van der Waals surface area (Å²) in [5.74, 6) is 0.673.